The summed E-state index contributed by atoms with van der Waals surface area (Å²) in [5.74, 6) is -0.208. The van der Waals surface area contributed by atoms with E-state index in [0.29, 0.717) is 12.3 Å². The molecule has 2 atom stereocenters. The monoisotopic (exact) mass is 414 g/mol. The Morgan fingerprint density at radius 2 is 1.79 bits per heavy atom. The maximum Gasteiger partial charge on any atom is 0.242 e. The van der Waals surface area contributed by atoms with Crippen molar-refractivity contribution in [2.75, 3.05) is 5.75 Å². The van der Waals surface area contributed by atoms with Gasteiger partial charge in [-0.15, -0.1) is 11.8 Å². The average Bonchev–Trinajstić information content (AvgIpc) is 3.07. The van der Waals surface area contributed by atoms with Gasteiger partial charge in [-0.3, -0.25) is 9.59 Å². The zero-order valence-corrected chi connectivity index (χ0v) is 18.1. The predicted octanol–water partition coefficient (Wildman–Crippen LogP) is 4.40. The fourth-order valence-electron chi connectivity index (χ4n) is 3.32. The molecule has 0 aliphatic carbocycles. The van der Waals surface area contributed by atoms with E-state index in [4.69, 9.17) is 0 Å². The van der Waals surface area contributed by atoms with Crippen LogP contribution >= 0.6 is 11.8 Å². The number of amides is 2. The highest BCUT2D eigenvalue weighted by Crippen LogP contribution is 2.40. The summed E-state index contributed by atoms with van der Waals surface area (Å²) in [6, 6.07) is 13.7. The lowest BCUT2D eigenvalue weighted by Crippen LogP contribution is -2.46. The first kappa shape index (κ1) is 21.4. The first-order chi connectivity index (χ1) is 13.7. The number of hydrogen-bond acceptors (Lipinski definition) is 3. The van der Waals surface area contributed by atoms with Crippen molar-refractivity contribution in [2.45, 2.75) is 51.1 Å². The highest BCUT2D eigenvalue weighted by Gasteiger charge is 2.38. The van der Waals surface area contributed by atoms with Crippen LogP contribution in [0.3, 0.4) is 0 Å². The lowest BCUT2D eigenvalue weighted by molar-refractivity contribution is -0.137. The van der Waals surface area contributed by atoms with Gasteiger partial charge in [0.25, 0.3) is 0 Å². The highest BCUT2D eigenvalue weighted by molar-refractivity contribution is 8.00. The van der Waals surface area contributed by atoms with Crippen molar-refractivity contribution < 1.29 is 14.0 Å². The van der Waals surface area contributed by atoms with Gasteiger partial charge < -0.3 is 10.2 Å². The van der Waals surface area contributed by atoms with Crippen LogP contribution in [0.25, 0.3) is 0 Å². The summed E-state index contributed by atoms with van der Waals surface area (Å²) >= 11 is 1.54. The van der Waals surface area contributed by atoms with Crippen LogP contribution in [0.2, 0.25) is 0 Å². The van der Waals surface area contributed by atoms with Crippen LogP contribution < -0.4 is 5.32 Å². The van der Waals surface area contributed by atoms with E-state index in [-0.39, 0.29) is 28.4 Å². The smallest absolute Gasteiger partial charge is 0.242 e. The maximum atomic E-state index is 13.0. The maximum absolute atomic E-state index is 13.0. The second-order valence-electron chi connectivity index (χ2n) is 8.36. The zero-order valence-electron chi connectivity index (χ0n) is 17.2. The molecular weight excluding hydrogens is 387 g/mol. The minimum Gasteiger partial charge on any atom is -0.350 e. The van der Waals surface area contributed by atoms with E-state index in [9.17, 15) is 14.0 Å². The molecule has 0 spiro atoms. The lowest BCUT2D eigenvalue weighted by Gasteiger charge is -2.30. The quantitative estimate of drug-likeness (QED) is 0.789. The molecular formula is C23H27FN2O2S. The van der Waals surface area contributed by atoms with Gasteiger partial charge in [0.05, 0.1) is 5.75 Å². The van der Waals surface area contributed by atoms with E-state index in [0.717, 1.165) is 11.1 Å². The molecule has 1 aliphatic heterocycles. The summed E-state index contributed by atoms with van der Waals surface area (Å²) in [4.78, 5) is 26.9. The Morgan fingerprint density at radius 3 is 2.38 bits per heavy atom. The van der Waals surface area contributed by atoms with Crippen molar-refractivity contribution in [3.05, 3.63) is 71.0 Å². The number of benzene rings is 2. The standard InChI is InChI=1S/C23H27FN2O2S/c1-15(21(28)25-13-16-5-11-19(24)12-6-16)26-20(27)14-29-22(26)17-7-9-18(10-8-17)23(2,3)4/h5-12,15,22H,13-14H2,1-4H3,(H,25,28)/t15-,22-/m0/s1. The van der Waals surface area contributed by atoms with E-state index >= 15 is 0 Å². The Morgan fingerprint density at radius 1 is 1.17 bits per heavy atom. The van der Waals surface area contributed by atoms with Crippen molar-refractivity contribution in [3.63, 3.8) is 0 Å². The SMILES string of the molecule is C[C@@H](C(=O)NCc1ccc(F)cc1)N1C(=O)CS[C@H]1c1ccc(C(C)(C)C)cc1. The van der Waals surface area contributed by atoms with E-state index < -0.39 is 6.04 Å². The summed E-state index contributed by atoms with van der Waals surface area (Å²) in [6.07, 6.45) is 0. The third kappa shape index (κ3) is 4.99. The number of hydrogen-bond donors (Lipinski definition) is 1. The molecule has 4 nitrogen and oxygen atoms in total. The predicted molar refractivity (Wildman–Crippen MR) is 115 cm³/mol. The van der Waals surface area contributed by atoms with Gasteiger partial charge in [0, 0.05) is 6.54 Å². The van der Waals surface area contributed by atoms with E-state index in [1.807, 2.05) is 12.1 Å². The molecule has 0 aromatic heterocycles. The number of carbonyl (C=O) groups excluding carboxylic acids is 2. The summed E-state index contributed by atoms with van der Waals surface area (Å²) in [7, 11) is 0. The number of rotatable bonds is 5. The molecule has 2 aromatic carbocycles. The van der Waals surface area contributed by atoms with Gasteiger partial charge in [-0.2, -0.15) is 0 Å². The second-order valence-corrected chi connectivity index (χ2v) is 9.43. The molecule has 0 unspecified atom stereocenters. The van der Waals surface area contributed by atoms with Crippen LogP contribution in [-0.2, 0) is 21.5 Å². The van der Waals surface area contributed by atoms with Crippen molar-refractivity contribution in [1.82, 2.24) is 10.2 Å². The van der Waals surface area contributed by atoms with Gasteiger partial charge in [-0.1, -0.05) is 57.2 Å². The first-order valence-corrected chi connectivity index (χ1v) is 10.8. The molecule has 1 saturated heterocycles. The van der Waals surface area contributed by atoms with Crippen LogP contribution in [0.5, 0.6) is 0 Å². The molecule has 0 bridgehead atoms. The Balaban J connectivity index is 1.70. The molecule has 6 heteroatoms. The molecule has 154 valence electrons. The molecule has 1 aliphatic rings. The number of nitrogens with zero attached hydrogens (tertiary/aromatic N) is 1. The van der Waals surface area contributed by atoms with Gasteiger partial charge in [-0.25, -0.2) is 4.39 Å². The van der Waals surface area contributed by atoms with Crippen molar-refractivity contribution in [3.8, 4) is 0 Å². The largest absolute Gasteiger partial charge is 0.350 e. The van der Waals surface area contributed by atoms with Crippen LogP contribution in [0.15, 0.2) is 48.5 Å². The summed E-state index contributed by atoms with van der Waals surface area (Å²) in [5.41, 5.74) is 3.12. The Bertz CT molecular complexity index is 875. The van der Waals surface area contributed by atoms with Gasteiger partial charge in [0.15, 0.2) is 0 Å². The zero-order chi connectivity index (χ0) is 21.2. The van der Waals surface area contributed by atoms with E-state index in [1.165, 1.54) is 17.7 Å². The fraction of sp³-hybridized carbons (Fsp3) is 0.391. The minimum absolute atomic E-state index is 0.0377. The number of halogens is 1. The van der Waals surface area contributed by atoms with Crippen molar-refractivity contribution >= 4 is 23.6 Å². The second kappa shape index (κ2) is 8.57. The molecule has 0 saturated carbocycles. The molecule has 2 amide bonds. The van der Waals surface area contributed by atoms with Gasteiger partial charge >= 0.3 is 0 Å². The van der Waals surface area contributed by atoms with Gasteiger partial charge in [0.1, 0.15) is 17.2 Å². The minimum atomic E-state index is -0.592. The molecule has 1 N–H and O–H groups in total. The molecule has 1 heterocycles. The number of nitrogens with one attached hydrogen (secondary N) is 1. The lowest BCUT2D eigenvalue weighted by atomic mass is 9.86. The summed E-state index contributed by atoms with van der Waals surface area (Å²) in [6.45, 7) is 8.53. The average molecular weight is 415 g/mol. The summed E-state index contributed by atoms with van der Waals surface area (Å²) in [5, 5.41) is 2.67. The Labute approximate surface area is 175 Å². The van der Waals surface area contributed by atoms with Crippen molar-refractivity contribution in [2.24, 2.45) is 0 Å². The number of carbonyl (C=O) groups is 2. The normalized spacial score (nSPS) is 18.0. The van der Waals surface area contributed by atoms with Crippen molar-refractivity contribution in [1.29, 1.82) is 0 Å². The van der Waals surface area contributed by atoms with Crippen LogP contribution in [-0.4, -0.2) is 28.5 Å². The Hall–Kier alpha value is -2.34. The third-order valence-electron chi connectivity index (χ3n) is 5.14. The molecule has 3 rings (SSSR count). The van der Waals surface area contributed by atoms with Crippen LogP contribution in [0, 0.1) is 5.82 Å². The number of thioether (sulfide) groups is 1. The molecule has 29 heavy (non-hydrogen) atoms. The highest BCUT2D eigenvalue weighted by atomic mass is 32.2. The summed E-state index contributed by atoms with van der Waals surface area (Å²) < 4.78 is 13.0. The first-order valence-electron chi connectivity index (χ1n) is 9.72. The Kier molecular flexibility index (Phi) is 6.32. The van der Waals surface area contributed by atoms with E-state index in [1.54, 1.807) is 35.7 Å². The fourth-order valence-corrected chi connectivity index (χ4v) is 4.58. The topological polar surface area (TPSA) is 49.4 Å². The van der Waals surface area contributed by atoms with Gasteiger partial charge in [-0.05, 0) is 41.2 Å². The molecule has 0 radical (unpaired) electrons. The van der Waals surface area contributed by atoms with Crippen LogP contribution in [0.1, 0.15) is 49.8 Å². The molecule has 1 fully saturated rings. The third-order valence-corrected chi connectivity index (χ3v) is 6.37. The van der Waals surface area contributed by atoms with E-state index in [2.05, 4.69) is 38.2 Å². The van der Waals surface area contributed by atoms with Gasteiger partial charge in [0.2, 0.25) is 11.8 Å². The van der Waals surface area contributed by atoms with Crippen LogP contribution in [0.4, 0.5) is 4.39 Å². The molecule has 2 aromatic rings.